The molecule has 1 aromatic carbocycles. The summed E-state index contributed by atoms with van der Waals surface area (Å²) in [6.45, 7) is 1.74. The van der Waals surface area contributed by atoms with Gasteiger partial charge in [0.25, 0.3) is 5.91 Å². The Balaban J connectivity index is 0.00000220. The lowest BCUT2D eigenvalue weighted by molar-refractivity contribution is 0.0900. The van der Waals surface area contributed by atoms with Crippen molar-refractivity contribution in [2.45, 2.75) is 13.2 Å². The molecule has 0 atom stereocenters. The van der Waals surface area contributed by atoms with Crippen molar-refractivity contribution < 1.29 is 13.9 Å². The zero-order valence-corrected chi connectivity index (χ0v) is 12.4. The van der Waals surface area contributed by atoms with Gasteiger partial charge in [0, 0.05) is 6.54 Å². The number of nitrogens with two attached hydrogens (primary N) is 1. The molecule has 6 heteroatoms. The van der Waals surface area contributed by atoms with Gasteiger partial charge in [-0.15, -0.1) is 12.4 Å². The van der Waals surface area contributed by atoms with Crippen LogP contribution in [0.4, 0.5) is 0 Å². The van der Waals surface area contributed by atoms with Crippen LogP contribution >= 0.6 is 12.4 Å². The molecule has 5 nitrogen and oxygen atoms in total. The fourth-order valence-corrected chi connectivity index (χ4v) is 1.71. The van der Waals surface area contributed by atoms with Crippen LogP contribution in [-0.2, 0) is 17.9 Å². The molecule has 1 aromatic heterocycles. The maximum atomic E-state index is 11.7. The number of ether oxygens (including phenoxy) is 1. The molecular weight excluding hydrogens is 292 g/mol. The quantitative estimate of drug-likeness (QED) is 0.768. The number of amides is 1. The molecule has 0 radical (unpaired) electrons. The highest BCUT2D eigenvalue weighted by Gasteiger charge is 2.08. The topological polar surface area (TPSA) is 77.5 Å². The zero-order valence-electron chi connectivity index (χ0n) is 11.6. The van der Waals surface area contributed by atoms with Gasteiger partial charge in [-0.3, -0.25) is 4.79 Å². The van der Waals surface area contributed by atoms with Crippen molar-refractivity contribution in [2.24, 2.45) is 5.73 Å². The number of benzene rings is 1. The molecule has 114 valence electrons. The van der Waals surface area contributed by atoms with Crippen molar-refractivity contribution in [3.05, 3.63) is 59.5 Å². The van der Waals surface area contributed by atoms with E-state index in [1.807, 2.05) is 30.3 Å². The largest absolute Gasteiger partial charge is 0.467 e. The predicted octanol–water partition coefficient (Wildman–Crippen LogP) is 2.11. The molecule has 0 spiro atoms. The molecule has 0 unspecified atom stereocenters. The van der Waals surface area contributed by atoms with Crippen LogP contribution in [0.1, 0.15) is 21.7 Å². The molecule has 2 aromatic rings. The Kier molecular flexibility index (Phi) is 7.53. The van der Waals surface area contributed by atoms with Gasteiger partial charge in [-0.25, -0.2) is 0 Å². The van der Waals surface area contributed by atoms with Crippen molar-refractivity contribution in [1.29, 1.82) is 0 Å². The van der Waals surface area contributed by atoms with E-state index in [-0.39, 0.29) is 24.9 Å². The van der Waals surface area contributed by atoms with Gasteiger partial charge in [0.1, 0.15) is 12.0 Å². The molecule has 0 saturated heterocycles. The number of hydrogen-bond acceptors (Lipinski definition) is 4. The van der Waals surface area contributed by atoms with Gasteiger partial charge in [-0.05, 0) is 11.6 Å². The first-order valence-corrected chi connectivity index (χ1v) is 6.47. The monoisotopic (exact) mass is 310 g/mol. The Morgan fingerprint density at radius 1 is 1.29 bits per heavy atom. The molecule has 1 heterocycles. The summed E-state index contributed by atoms with van der Waals surface area (Å²) >= 11 is 0. The molecular formula is C15H19ClN2O3. The summed E-state index contributed by atoms with van der Waals surface area (Å²) in [7, 11) is 0. The fraction of sp³-hybridized carbons (Fsp3) is 0.267. The van der Waals surface area contributed by atoms with Gasteiger partial charge in [0.2, 0.25) is 0 Å². The summed E-state index contributed by atoms with van der Waals surface area (Å²) < 4.78 is 10.6. The van der Waals surface area contributed by atoms with Crippen LogP contribution in [0.3, 0.4) is 0 Å². The highest BCUT2D eigenvalue weighted by atomic mass is 35.5. The summed E-state index contributed by atoms with van der Waals surface area (Å²) in [6, 6.07) is 11.5. The SMILES string of the molecule is Cl.NCc1cc(C(=O)NCCOCc2ccccc2)co1. The summed E-state index contributed by atoms with van der Waals surface area (Å²) in [5.41, 5.74) is 7.01. The van der Waals surface area contributed by atoms with Crippen LogP contribution in [0.5, 0.6) is 0 Å². The second-order valence-electron chi connectivity index (χ2n) is 4.30. The van der Waals surface area contributed by atoms with Crippen LogP contribution in [0, 0.1) is 0 Å². The predicted molar refractivity (Wildman–Crippen MR) is 82.3 cm³/mol. The van der Waals surface area contributed by atoms with Crippen LogP contribution in [0.25, 0.3) is 0 Å². The van der Waals surface area contributed by atoms with Gasteiger partial charge in [-0.2, -0.15) is 0 Å². The average molecular weight is 311 g/mol. The number of halogens is 1. The van der Waals surface area contributed by atoms with E-state index in [0.29, 0.717) is 31.1 Å². The lowest BCUT2D eigenvalue weighted by Crippen LogP contribution is -2.26. The van der Waals surface area contributed by atoms with E-state index in [1.54, 1.807) is 6.07 Å². The van der Waals surface area contributed by atoms with E-state index in [1.165, 1.54) is 6.26 Å². The highest BCUT2D eigenvalue weighted by Crippen LogP contribution is 2.06. The molecule has 0 saturated carbocycles. The van der Waals surface area contributed by atoms with Crippen molar-refractivity contribution in [1.82, 2.24) is 5.32 Å². The van der Waals surface area contributed by atoms with Crippen LogP contribution in [0.15, 0.2) is 47.1 Å². The van der Waals surface area contributed by atoms with E-state index in [2.05, 4.69) is 5.32 Å². The maximum Gasteiger partial charge on any atom is 0.254 e. The van der Waals surface area contributed by atoms with E-state index < -0.39 is 0 Å². The Hall–Kier alpha value is -1.82. The smallest absolute Gasteiger partial charge is 0.254 e. The lowest BCUT2D eigenvalue weighted by Gasteiger charge is -2.05. The number of rotatable bonds is 7. The standard InChI is InChI=1S/C15H18N2O3.ClH/c16-9-14-8-13(11-20-14)15(18)17-6-7-19-10-12-4-2-1-3-5-12;/h1-5,8,11H,6-7,9-10,16H2,(H,17,18);1H. The molecule has 21 heavy (non-hydrogen) atoms. The molecule has 3 N–H and O–H groups in total. The van der Waals surface area contributed by atoms with E-state index in [4.69, 9.17) is 14.9 Å². The second kappa shape index (κ2) is 9.18. The van der Waals surface area contributed by atoms with Crippen LogP contribution in [-0.4, -0.2) is 19.1 Å². The lowest BCUT2D eigenvalue weighted by atomic mass is 10.2. The van der Waals surface area contributed by atoms with Gasteiger partial charge in [0.15, 0.2) is 0 Å². The number of furan rings is 1. The number of carbonyl (C=O) groups is 1. The van der Waals surface area contributed by atoms with Crippen molar-refractivity contribution in [3.8, 4) is 0 Å². The maximum absolute atomic E-state index is 11.7. The molecule has 0 bridgehead atoms. The minimum Gasteiger partial charge on any atom is -0.467 e. The van der Waals surface area contributed by atoms with Gasteiger partial charge in [0.05, 0.1) is 25.3 Å². The molecule has 0 aliphatic heterocycles. The third kappa shape index (κ3) is 5.59. The fourth-order valence-electron chi connectivity index (χ4n) is 1.71. The Morgan fingerprint density at radius 2 is 2.05 bits per heavy atom. The van der Waals surface area contributed by atoms with Crippen molar-refractivity contribution in [2.75, 3.05) is 13.2 Å². The zero-order chi connectivity index (χ0) is 14.2. The normalized spacial score (nSPS) is 9.95. The third-order valence-corrected chi connectivity index (χ3v) is 2.76. The average Bonchev–Trinajstić information content (AvgIpc) is 2.97. The van der Waals surface area contributed by atoms with Gasteiger partial charge < -0.3 is 20.2 Å². The molecule has 0 aliphatic rings. The molecule has 1 amide bonds. The summed E-state index contributed by atoms with van der Waals surface area (Å²) in [4.78, 5) is 11.7. The summed E-state index contributed by atoms with van der Waals surface area (Å²) in [6.07, 6.45) is 1.41. The molecule has 0 aliphatic carbocycles. The summed E-state index contributed by atoms with van der Waals surface area (Å²) in [5, 5.41) is 2.76. The minimum absolute atomic E-state index is 0. The molecule has 0 fully saturated rings. The Morgan fingerprint density at radius 3 is 2.71 bits per heavy atom. The Bertz CT molecular complexity index is 543. The van der Waals surface area contributed by atoms with E-state index >= 15 is 0 Å². The second-order valence-corrected chi connectivity index (χ2v) is 4.30. The van der Waals surface area contributed by atoms with Crippen LogP contribution in [0.2, 0.25) is 0 Å². The van der Waals surface area contributed by atoms with E-state index in [0.717, 1.165) is 5.56 Å². The van der Waals surface area contributed by atoms with Crippen molar-refractivity contribution >= 4 is 18.3 Å². The first-order valence-electron chi connectivity index (χ1n) is 6.47. The van der Waals surface area contributed by atoms with Crippen LogP contribution < -0.4 is 11.1 Å². The Labute approximate surface area is 129 Å². The van der Waals surface area contributed by atoms with Gasteiger partial charge in [-0.1, -0.05) is 30.3 Å². The molecule has 2 rings (SSSR count). The van der Waals surface area contributed by atoms with E-state index in [9.17, 15) is 4.79 Å². The number of hydrogen-bond donors (Lipinski definition) is 2. The van der Waals surface area contributed by atoms with Gasteiger partial charge >= 0.3 is 0 Å². The third-order valence-electron chi connectivity index (χ3n) is 2.76. The minimum atomic E-state index is -0.184. The first kappa shape index (κ1) is 17.2. The highest BCUT2D eigenvalue weighted by molar-refractivity contribution is 5.93. The number of carbonyl (C=O) groups excluding carboxylic acids is 1. The summed E-state index contributed by atoms with van der Waals surface area (Å²) in [5.74, 6) is 0.409. The first-order chi connectivity index (χ1) is 9.79. The van der Waals surface area contributed by atoms with Crippen molar-refractivity contribution in [3.63, 3.8) is 0 Å². The number of nitrogens with one attached hydrogen (secondary N) is 1.